The van der Waals surface area contributed by atoms with Crippen LogP contribution in [-0.2, 0) is 6.42 Å². The first-order valence-corrected chi connectivity index (χ1v) is 6.98. The molecule has 0 heterocycles. The molecular formula is C15H13BrF3NO. The van der Waals surface area contributed by atoms with Crippen LogP contribution < -0.4 is 10.5 Å². The first kappa shape index (κ1) is 15.9. The average molecular weight is 360 g/mol. The molecule has 0 saturated carbocycles. The minimum atomic E-state index is -2.85. The third-order valence-electron chi connectivity index (χ3n) is 2.91. The lowest BCUT2D eigenvalue weighted by Crippen LogP contribution is -2.13. The van der Waals surface area contributed by atoms with Crippen LogP contribution in [0.4, 0.5) is 13.2 Å². The van der Waals surface area contributed by atoms with Crippen molar-refractivity contribution in [3.63, 3.8) is 0 Å². The fourth-order valence-electron chi connectivity index (χ4n) is 2.00. The zero-order valence-electron chi connectivity index (χ0n) is 10.9. The van der Waals surface area contributed by atoms with E-state index in [1.54, 1.807) is 18.2 Å². The van der Waals surface area contributed by atoms with E-state index in [1.807, 2.05) is 0 Å². The zero-order chi connectivity index (χ0) is 15.4. The lowest BCUT2D eigenvalue weighted by molar-refractivity contribution is -0.0498. The summed E-state index contributed by atoms with van der Waals surface area (Å²) in [5.74, 6) is -0.262. The van der Waals surface area contributed by atoms with Gasteiger partial charge in [0.15, 0.2) is 0 Å². The molecular weight excluding hydrogens is 347 g/mol. The van der Waals surface area contributed by atoms with Crippen molar-refractivity contribution < 1.29 is 17.9 Å². The van der Waals surface area contributed by atoms with Crippen molar-refractivity contribution in [1.82, 2.24) is 0 Å². The maximum absolute atomic E-state index is 13.3. The number of ether oxygens (including phenoxy) is 1. The molecule has 0 aromatic heterocycles. The second-order valence-electron chi connectivity index (χ2n) is 4.54. The first-order valence-electron chi connectivity index (χ1n) is 6.19. The van der Waals surface area contributed by atoms with Crippen molar-refractivity contribution in [2.24, 2.45) is 5.73 Å². The number of hydrogen-bond donors (Lipinski definition) is 1. The Kier molecular flexibility index (Phi) is 5.25. The van der Waals surface area contributed by atoms with Gasteiger partial charge in [0.2, 0.25) is 0 Å². The van der Waals surface area contributed by atoms with E-state index in [-0.39, 0.29) is 17.6 Å². The number of benzene rings is 2. The second-order valence-corrected chi connectivity index (χ2v) is 5.45. The molecule has 0 aliphatic heterocycles. The maximum atomic E-state index is 13.3. The molecule has 2 aromatic rings. The Morgan fingerprint density at radius 1 is 1.10 bits per heavy atom. The fraction of sp³-hybridized carbons (Fsp3) is 0.200. The van der Waals surface area contributed by atoms with Crippen LogP contribution in [0.2, 0.25) is 0 Å². The molecule has 6 heteroatoms. The first-order chi connectivity index (χ1) is 9.94. The predicted molar refractivity (Wildman–Crippen MR) is 77.8 cm³/mol. The summed E-state index contributed by atoms with van der Waals surface area (Å²) >= 11 is 3.22. The van der Waals surface area contributed by atoms with Gasteiger partial charge >= 0.3 is 6.61 Å². The fourth-order valence-corrected chi connectivity index (χ4v) is 2.51. The molecule has 0 aliphatic rings. The predicted octanol–water partition coefficient (Wildman–Crippen LogP) is 4.43. The molecule has 0 aliphatic carbocycles. The van der Waals surface area contributed by atoms with E-state index in [0.717, 1.165) is 11.1 Å². The molecule has 2 nitrogen and oxygen atoms in total. The summed E-state index contributed by atoms with van der Waals surface area (Å²) in [5, 5.41) is 0. The van der Waals surface area contributed by atoms with Gasteiger partial charge in [-0.15, -0.1) is 0 Å². The Morgan fingerprint density at radius 3 is 2.33 bits per heavy atom. The van der Waals surface area contributed by atoms with Gasteiger partial charge in [-0.25, -0.2) is 4.39 Å². The zero-order valence-corrected chi connectivity index (χ0v) is 12.5. The molecule has 0 radical (unpaired) electrons. The van der Waals surface area contributed by atoms with E-state index in [4.69, 9.17) is 5.73 Å². The molecule has 1 atom stereocenters. The van der Waals surface area contributed by atoms with Crippen molar-refractivity contribution in [2.45, 2.75) is 19.1 Å². The highest BCUT2D eigenvalue weighted by atomic mass is 79.9. The monoisotopic (exact) mass is 359 g/mol. The molecule has 0 spiro atoms. The quantitative estimate of drug-likeness (QED) is 0.856. The van der Waals surface area contributed by atoms with Crippen molar-refractivity contribution in [3.8, 4) is 5.75 Å². The van der Waals surface area contributed by atoms with Crippen molar-refractivity contribution in [2.75, 3.05) is 0 Å². The van der Waals surface area contributed by atoms with Gasteiger partial charge in [-0.1, -0.05) is 28.1 Å². The number of alkyl halides is 2. The lowest BCUT2D eigenvalue weighted by Gasteiger charge is -2.13. The summed E-state index contributed by atoms with van der Waals surface area (Å²) in [7, 11) is 0. The van der Waals surface area contributed by atoms with Crippen LogP contribution in [0.25, 0.3) is 0 Å². The van der Waals surface area contributed by atoms with Crippen LogP contribution in [0.5, 0.6) is 5.75 Å². The lowest BCUT2D eigenvalue weighted by atomic mass is 9.99. The van der Waals surface area contributed by atoms with Crippen LogP contribution in [0, 0.1) is 5.82 Å². The molecule has 1 unspecified atom stereocenters. The van der Waals surface area contributed by atoms with Gasteiger partial charge in [-0.3, -0.25) is 0 Å². The SMILES string of the molecule is NC(Cc1cc(F)cc(Br)c1)c1ccc(OC(F)F)cc1. The standard InChI is InChI=1S/C15H13BrF3NO/c16-11-5-9(6-12(17)8-11)7-14(20)10-1-3-13(4-2-10)21-15(18)19/h1-6,8,14-15H,7,20H2. The second kappa shape index (κ2) is 6.95. The number of nitrogens with two attached hydrogens (primary N) is 1. The van der Waals surface area contributed by atoms with E-state index in [0.29, 0.717) is 10.9 Å². The molecule has 0 bridgehead atoms. The van der Waals surface area contributed by atoms with Crippen molar-refractivity contribution in [3.05, 3.63) is 63.9 Å². The van der Waals surface area contributed by atoms with E-state index in [9.17, 15) is 13.2 Å². The largest absolute Gasteiger partial charge is 0.435 e. The summed E-state index contributed by atoms with van der Waals surface area (Å²) in [6.07, 6.45) is 0.436. The van der Waals surface area contributed by atoms with Gasteiger partial charge in [0.1, 0.15) is 11.6 Å². The van der Waals surface area contributed by atoms with Gasteiger partial charge < -0.3 is 10.5 Å². The highest BCUT2D eigenvalue weighted by molar-refractivity contribution is 9.10. The summed E-state index contributed by atoms with van der Waals surface area (Å²) < 4.78 is 42.3. The van der Waals surface area contributed by atoms with Gasteiger partial charge in [-0.2, -0.15) is 8.78 Å². The molecule has 112 valence electrons. The summed E-state index contributed by atoms with van der Waals surface area (Å²) in [6.45, 7) is -2.85. The van der Waals surface area contributed by atoms with Crippen molar-refractivity contribution in [1.29, 1.82) is 0 Å². The van der Waals surface area contributed by atoms with E-state index in [1.165, 1.54) is 24.3 Å². The third-order valence-corrected chi connectivity index (χ3v) is 3.37. The Hall–Kier alpha value is -1.53. The number of halogens is 4. The summed E-state index contributed by atoms with van der Waals surface area (Å²) in [6, 6.07) is 10.3. The minimum Gasteiger partial charge on any atom is -0.435 e. The van der Waals surface area contributed by atoms with Gasteiger partial charge in [0, 0.05) is 10.5 Å². The van der Waals surface area contributed by atoms with Gasteiger partial charge in [0.05, 0.1) is 0 Å². The average Bonchev–Trinajstić information content (AvgIpc) is 2.37. The molecule has 0 amide bonds. The maximum Gasteiger partial charge on any atom is 0.387 e. The Balaban J connectivity index is 2.07. The van der Waals surface area contributed by atoms with Crippen LogP contribution in [0.15, 0.2) is 46.9 Å². The molecule has 0 fully saturated rings. The molecule has 2 rings (SSSR count). The van der Waals surface area contributed by atoms with Crippen molar-refractivity contribution >= 4 is 15.9 Å². The van der Waals surface area contributed by atoms with Crippen LogP contribution >= 0.6 is 15.9 Å². The topological polar surface area (TPSA) is 35.2 Å². The van der Waals surface area contributed by atoms with E-state index < -0.39 is 6.61 Å². The van der Waals surface area contributed by atoms with Crippen LogP contribution in [-0.4, -0.2) is 6.61 Å². The van der Waals surface area contributed by atoms with Gasteiger partial charge in [0.25, 0.3) is 0 Å². The number of rotatable bonds is 5. The third kappa shape index (κ3) is 4.75. The molecule has 0 saturated heterocycles. The summed E-state index contributed by atoms with van der Waals surface area (Å²) in [4.78, 5) is 0. The molecule has 2 aromatic carbocycles. The highest BCUT2D eigenvalue weighted by Crippen LogP contribution is 2.22. The Bertz CT molecular complexity index is 584. The minimum absolute atomic E-state index is 0.0782. The highest BCUT2D eigenvalue weighted by Gasteiger charge is 2.10. The Labute approximate surface area is 128 Å². The van der Waals surface area contributed by atoms with E-state index in [2.05, 4.69) is 20.7 Å². The van der Waals surface area contributed by atoms with Crippen LogP contribution in [0.3, 0.4) is 0 Å². The Morgan fingerprint density at radius 2 is 1.76 bits per heavy atom. The molecule has 2 N–H and O–H groups in total. The smallest absolute Gasteiger partial charge is 0.387 e. The molecule has 21 heavy (non-hydrogen) atoms. The summed E-state index contributed by atoms with van der Waals surface area (Å²) in [5.41, 5.74) is 7.57. The van der Waals surface area contributed by atoms with Gasteiger partial charge in [-0.05, 0) is 47.9 Å². The van der Waals surface area contributed by atoms with E-state index >= 15 is 0 Å². The number of hydrogen-bond acceptors (Lipinski definition) is 2. The normalized spacial score (nSPS) is 12.5. The van der Waals surface area contributed by atoms with Crippen LogP contribution in [0.1, 0.15) is 17.2 Å².